The van der Waals surface area contributed by atoms with E-state index in [1.54, 1.807) is 12.1 Å². The van der Waals surface area contributed by atoms with Gasteiger partial charge in [0, 0.05) is 13.1 Å². The number of nitriles is 1. The van der Waals surface area contributed by atoms with Crippen molar-refractivity contribution in [1.29, 1.82) is 5.26 Å². The number of likely N-dealkylation sites (tertiary alicyclic amines) is 1. The summed E-state index contributed by atoms with van der Waals surface area (Å²) in [5, 5.41) is 8.78. The van der Waals surface area contributed by atoms with Gasteiger partial charge in [-0.2, -0.15) is 5.26 Å². The second-order valence-electron chi connectivity index (χ2n) is 5.55. The number of nitrogens with zero attached hydrogens (tertiary/aromatic N) is 2. The van der Waals surface area contributed by atoms with Crippen molar-refractivity contribution in [2.45, 2.75) is 26.8 Å². The van der Waals surface area contributed by atoms with Gasteiger partial charge in [-0.25, -0.2) is 4.39 Å². The highest BCUT2D eigenvalue weighted by atomic mass is 19.1. The number of benzene rings is 1. The minimum Gasteiger partial charge on any atom is -0.299 e. The van der Waals surface area contributed by atoms with Crippen LogP contribution in [0.1, 0.15) is 31.4 Å². The van der Waals surface area contributed by atoms with Crippen LogP contribution >= 0.6 is 0 Å². The number of hydrogen-bond donors (Lipinski definition) is 0. The zero-order valence-corrected chi connectivity index (χ0v) is 10.3. The van der Waals surface area contributed by atoms with E-state index < -0.39 is 5.82 Å². The summed E-state index contributed by atoms with van der Waals surface area (Å²) in [5.41, 5.74) is 1.53. The highest BCUT2D eigenvalue weighted by Gasteiger charge is 2.28. The van der Waals surface area contributed by atoms with Crippen molar-refractivity contribution in [2.24, 2.45) is 5.41 Å². The molecule has 0 aromatic heterocycles. The quantitative estimate of drug-likeness (QED) is 0.784. The van der Waals surface area contributed by atoms with E-state index >= 15 is 0 Å². The lowest BCUT2D eigenvalue weighted by Crippen LogP contribution is -2.22. The van der Waals surface area contributed by atoms with Crippen molar-refractivity contribution in [3.8, 4) is 6.07 Å². The van der Waals surface area contributed by atoms with E-state index in [1.165, 1.54) is 12.5 Å². The van der Waals surface area contributed by atoms with Crippen LogP contribution in [0.4, 0.5) is 4.39 Å². The van der Waals surface area contributed by atoms with Gasteiger partial charge in [0.05, 0.1) is 5.56 Å². The summed E-state index contributed by atoms with van der Waals surface area (Å²) >= 11 is 0. The van der Waals surface area contributed by atoms with Crippen LogP contribution in [0.2, 0.25) is 0 Å². The molecule has 1 aliphatic rings. The zero-order chi connectivity index (χ0) is 12.5. The van der Waals surface area contributed by atoms with Crippen LogP contribution in [0.5, 0.6) is 0 Å². The molecule has 1 aliphatic heterocycles. The zero-order valence-electron chi connectivity index (χ0n) is 10.3. The minimum absolute atomic E-state index is 0.140. The van der Waals surface area contributed by atoms with E-state index in [9.17, 15) is 4.39 Å². The van der Waals surface area contributed by atoms with Crippen molar-refractivity contribution in [2.75, 3.05) is 13.1 Å². The van der Waals surface area contributed by atoms with Gasteiger partial charge >= 0.3 is 0 Å². The van der Waals surface area contributed by atoms with E-state index in [4.69, 9.17) is 5.26 Å². The van der Waals surface area contributed by atoms with Gasteiger partial charge in [-0.05, 0) is 36.1 Å². The lowest BCUT2D eigenvalue weighted by Gasteiger charge is -2.19. The van der Waals surface area contributed by atoms with E-state index in [0.717, 1.165) is 25.2 Å². The third-order valence-electron chi connectivity index (χ3n) is 3.31. The average molecular weight is 232 g/mol. The fourth-order valence-electron chi connectivity index (χ4n) is 2.37. The molecule has 2 nitrogen and oxygen atoms in total. The van der Waals surface area contributed by atoms with E-state index in [2.05, 4.69) is 18.7 Å². The van der Waals surface area contributed by atoms with Crippen molar-refractivity contribution in [3.63, 3.8) is 0 Å². The molecule has 0 radical (unpaired) electrons. The van der Waals surface area contributed by atoms with Gasteiger partial charge in [-0.3, -0.25) is 4.90 Å². The van der Waals surface area contributed by atoms with Crippen LogP contribution in [-0.2, 0) is 6.54 Å². The Kier molecular flexibility index (Phi) is 3.17. The molecule has 0 unspecified atom stereocenters. The summed E-state index contributed by atoms with van der Waals surface area (Å²) in [4.78, 5) is 2.36. The highest BCUT2D eigenvalue weighted by molar-refractivity contribution is 5.34. The van der Waals surface area contributed by atoms with E-state index in [-0.39, 0.29) is 5.56 Å². The molecule has 0 bridgehead atoms. The lowest BCUT2D eigenvalue weighted by molar-refractivity contribution is 0.284. The Balaban J connectivity index is 2.08. The van der Waals surface area contributed by atoms with Crippen LogP contribution in [0, 0.1) is 22.6 Å². The summed E-state index contributed by atoms with van der Waals surface area (Å²) in [6.45, 7) is 7.47. The average Bonchev–Trinajstić information content (AvgIpc) is 2.61. The maximum Gasteiger partial charge on any atom is 0.140 e. The predicted octanol–water partition coefficient (Wildman–Crippen LogP) is 2.93. The molecule has 1 fully saturated rings. The SMILES string of the molecule is CC1(C)CCN(Cc2ccc(F)c(C#N)c2)C1. The minimum atomic E-state index is -0.432. The molecular weight excluding hydrogens is 215 g/mol. The molecule has 1 heterocycles. The molecule has 0 amide bonds. The molecule has 0 aliphatic carbocycles. The van der Waals surface area contributed by atoms with E-state index in [0.29, 0.717) is 5.41 Å². The predicted molar refractivity (Wildman–Crippen MR) is 64.8 cm³/mol. The van der Waals surface area contributed by atoms with Gasteiger partial charge < -0.3 is 0 Å². The third-order valence-corrected chi connectivity index (χ3v) is 3.31. The first-order chi connectivity index (χ1) is 8.00. The molecule has 1 aromatic rings. The van der Waals surface area contributed by atoms with Gasteiger partial charge in [0.1, 0.15) is 11.9 Å². The molecule has 0 spiro atoms. The number of hydrogen-bond acceptors (Lipinski definition) is 2. The summed E-state index contributed by atoms with van der Waals surface area (Å²) in [6.07, 6.45) is 1.19. The van der Waals surface area contributed by atoms with Crippen LogP contribution < -0.4 is 0 Å². The standard InChI is InChI=1S/C14H17FN2/c1-14(2)5-6-17(10-14)9-11-3-4-13(15)12(7-11)8-16/h3-4,7H,5-6,9-10H2,1-2H3. The van der Waals surface area contributed by atoms with Crippen molar-refractivity contribution < 1.29 is 4.39 Å². The van der Waals surface area contributed by atoms with Crippen LogP contribution in [0.15, 0.2) is 18.2 Å². The van der Waals surface area contributed by atoms with Gasteiger partial charge in [-0.1, -0.05) is 19.9 Å². The molecule has 90 valence electrons. The van der Waals surface area contributed by atoms with Gasteiger partial charge in [0.2, 0.25) is 0 Å². The highest BCUT2D eigenvalue weighted by Crippen LogP contribution is 2.29. The normalized spacial score (nSPS) is 19.2. The van der Waals surface area contributed by atoms with Gasteiger partial charge in [0.25, 0.3) is 0 Å². The first-order valence-corrected chi connectivity index (χ1v) is 5.91. The molecule has 17 heavy (non-hydrogen) atoms. The summed E-state index contributed by atoms with van der Waals surface area (Å²) < 4.78 is 13.2. The fourth-order valence-corrected chi connectivity index (χ4v) is 2.37. The Hall–Kier alpha value is -1.40. The molecule has 0 atom stereocenters. The maximum absolute atomic E-state index is 13.2. The summed E-state index contributed by atoms with van der Waals surface area (Å²) in [7, 11) is 0. The Morgan fingerprint density at radius 3 is 2.82 bits per heavy atom. The fraction of sp³-hybridized carbons (Fsp3) is 0.500. The molecule has 0 N–H and O–H groups in total. The maximum atomic E-state index is 13.2. The smallest absolute Gasteiger partial charge is 0.140 e. The lowest BCUT2D eigenvalue weighted by atomic mass is 9.93. The Bertz CT molecular complexity index is 460. The Labute approximate surface area is 102 Å². The van der Waals surface area contributed by atoms with Gasteiger partial charge in [0.15, 0.2) is 0 Å². The van der Waals surface area contributed by atoms with Gasteiger partial charge in [-0.15, -0.1) is 0 Å². The molecule has 3 heteroatoms. The monoisotopic (exact) mass is 232 g/mol. The second kappa shape index (κ2) is 4.46. The topological polar surface area (TPSA) is 27.0 Å². The Morgan fingerprint density at radius 1 is 1.47 bits per heavy atom. The summed E-state index contributed by atoms with van der Waals surface area (Å²) in [5.74, 6) is -0.432. The number of halogens is 1. The van der Waals surface area contributed by atoms with Crippen LogP contribution in [0.3, 0.4) is 0 Å². The second-order valence-corrected chi connectivity index (χ2v) is 5.55. The van der Waals surface area contributed by atoms with Crippen molar-refractivity contribution in [3.05, 3.63) is 35.1 Å². The van der Waals surface area contributed by atoms with Crippen molar-refractivity contribution in [1.82, 2.24) is 4.90 Å². The summed E-state index contributed by atoms with van der Waals surface area (Å²) in [6, 6.07) is 6.69. The molecule has 2 rings (SSSR count). The molecule has 1 saturated heterocycles. The first kappa shape index (κ1) is 12.1. The largest absolute Gasteiger partial charge is 0.299 e. The van der Waals surface area contributed by atoms with E-state index in [1.807, 2.05) is 6.07 Å². The van der Waals surface area contributed by atoms with Crippen LogP contribution in [0.25, 0.3) is 0 Å². The Morgan fingerprint density at radius 2 is 2.24 bits per heavy atom. The molecule has 1 aromatic carbocycles. The molecular formula is C14H17FN2. The first-order valence-electron chi connectivity index (χ1n) is 5.91. The molecule has 0 saturated carbocycles. The third kappa shape index (κ3) is 2.83. The van der Waals surface area contributed by atoms with Crippen LogP contribution in [-0.4, -0.2) is 18.0 Å². The number of rotatable bonds is 2. The van der Waals surface area contributed by atoms with Crippen molar-refractivity contribution >= 4 is 0 Å².